The van der Waals surface area contributed by atoms with E-state index in [-0.39, 0.29) is 5.95 Å². The summed E-state index contributed by atoms with van der Waals surface area (Å²) in [5.74, 6) is 1.23. The van der Waals surface area contributed by atoms with Crippen LogP contribution < -0.4 is 21.7 Å². The number of nitrogens with two attached hydrogens (primary N) is 1. The van der Waals surface area contributed by atoms with E-state index >= 15 is 0 Å². The van der Waals surface area contributed by atoms with Gasteiger partial charge >= 0.3 is 0 Å². The minimum Gasteiger partial charge on any atom is -0.368 e. The van der Waals surface area contributed by atoms with Crippen LogP contribution in [0.25, 0.3) is 0 Å². The van der Waals surface area contributed by atoms with E-state index < -0.39 is 0 Å². The molecule has 0 fully saturated rings. The van der Waals surface area contributed by atoms with E-state index in [9.17, 15) is 0 Å². The summed E-state index contributed by atoms with van der Waals surface area (Å²) in [7, 11) is 3.70. The van der Waals surface area contributed by atoms with Crippen molar-refractivity contribution in [2.24, 2.45) is 0 Å². The molecule has 1 aromatic rings. The molecule has 0 bridgehead atoms. The van der Waals surface area contributed by atoms with E-state index in [1.54, 1.807) is 7.05 Å². The summed E-state index contributed by atoms with van der Waals surface area (Å²) < 4.78 is 0. The van der Waals surface area contributed by atoms with E-state index in [1.807, 2.05) is 7.05 Å². The monoisotopic (exact) mass is 253 g/mol. The first-order valence-corrected chi connectivity index (χ1v) is 6.30. The van der Waals surface area contributed by atoms with E-state index in [0.717, 1.165) is 25.8 Å². The molecule has 0 saturated carbocycles. The molecule has 1 atom stereocenters. The molecule has 7 nitrogen and oxygen atoms in total. The lowest BCUT2D eigenvalue weighted by Crippen LogP contribution is -2.25. The fourth-order valence-electron chi connectivity index (χ4n) is 1.71. The van der Waals surface area contributed by atoms with Crippen LogP contribution in [0.3, 0.4) is 0 Å². The van der Waals surface area contributed by atoms with Crippen molar-refractivity contribution >= 4 is 17.8 Å². The Morgan fingerprint density at radius 1 is 1.11 bits per heavy atom. The van der Waals surface area contributed by atoms with Gasteiger partial charge in [0, 0.05) is 13.1 Å². The van der Waals surface area contributed by atoms with E-state index in [2.05, 4.69) is 37.8 Å². The first kappa shape index (κ1) is 14.4. The molecule has 1 aromatic heterocycles. The van der Waals surface area contributed by atoms with E-state index in [0.29, 0.717) is 17.9 Å². The Balaban J connectivity index is 2.69. The summed E-state index contributed by atoms with van der Waals surface area (Å²) in [6.07, 6.45) is 3.20. The number of hydrogen-bond acceptors (Lipinski definition) is 7. The minimum absolute atomic E-state index is 0.223. The second kappa shape index (κ2) is 7.65. The lowest BCUT2D eigenvalue weighted by atomic mass is 10.1. The summed E-state index contributed by atoms with van der Waals surface area (Å²) in [5.41, 5.74) is 5.63. The van der Waals surface area contributed by atoms with Gasteiger partial charge in [-0.15, -0.1) is 0 Å². The maximum atomic E-state index is 5.63. The Bertz CT molecular complexity index is 355. The molecule has 0 aliphatic rings. The Hall–Kier alpha value is -1.63. The third-order valence-corrected chi connectivity index (χ3v) is 2.59. The van der Waals surface area contributed by atoms with Crippen LogP contribution in [0.4, 0.5) is 17.8 Å². The van der Waals surface area contributed by atoms with Gasteiger partial charge in [-0.2, -0.15) is 15.0 Å². The second-order valence-corrected chi connectivity index (χ2v) is 4.11. The van der Waals surface area contributed by atoms with Gasteiger partial charge in [0.25, 0.3) is 0 Å². The van der Waals surface area contributed by atoms with Crippen LogP contribution in [0.2, 0.25) is 0 Å². The van der Waals surface area contributed by atoms with E-state index in [4.69, 9.17) is 5.73 Å². The number of nitrogen functional groups attached to an aromatic ring is 1. The van der Waals surface area contributed by atoms with Crippen molar-refractivity contribution in [2.45, 2.75) is 32.2 Å². The van der Waals surface area contributed by atoms with Crippen LogP contribution in [-0.4, -0.2) is 41.6 Å². The molecule has 0 aromatic carbocycles. The summed E-state index contributed by atoms with van der Waals surface area (Å²) >= 11 is 0. The maximum Gasteiger partial charge on any atom is 0.229 e. The first-order chi connectivity index (χ1) is 8.69. The van der Waals surface area contributed by atoms with Crippen molar-refractivity contribution < 1.29 is 0 Å². The molecule has 5 N–H and O–H groups in total. The minimum atomic E-state index is 0.223. The third kappa shape index (κ3) is 4.70. The molecule has 0 saturated heterocycles. The number of anilines is 3. The largest absolute Gasteiger partial charge is 0.368 e. The number of hydrogen-bond donors (Lipinski definition) is 4. The molecule has 1 unspecified atom stereocenters. The topological polar surface area (TPSA) is 101 Å². The number of nitrogens with zero attached hydrogens (tertiary/aromatic N) is 3. The standard InChI is InChI=1S/C11H23N7/c1-4-5-8(6-7-13-2)15-11-17-9(12)16-10(14-3)18-11/h8,13H,4-7H2,1-3H3,(H4,12,14,15,16,17,18). The zero-order valence-corrected chi connectivity index (χ0v) is 11.3. The highest BCUT2D eigenvalue weighted by atomic mass is 15.2. The molecule has 1 heterocycles. The zero-order chi connectivity index (χ0) is 13.4. The van der Waals surface area contributed by atoms with Gasteiger partial charge in [0.15, 0.2) is 0 Å². The van der Waals surface area contributed by atoms with Crippen molar-refractivity contribution in [3.05, 3.63) is 0 Å². The number of nitrogens with one attached hydrogen (secondary N) is 3. The molecule has 0 amide bonds. The Labute approximate surface area is 108 Å². The lowest BCUT2D eigenvalue weighted by Gasteiger charge is -2.18. The van der Waals surface area contributed by atoms with Crippen molar-refractivity contribution in [1.82, 2.24) is 20.3 Å². The molecule has 1 rings (SSSR count). The van der Waals surface area contributed by atoms with Crippen LogP contribution in [-0.2, 0) is 0 Å². The van der Waals surface area contributed by atoms with Gasteiger partial charge in [-0.05, 0) is 26.4 Å². The van der Waals surface area contributed by atoms with Gasteiger partial charge in [-0.1, -0.05) is 13.3 Å². The predicted molar refractivity (Wildman–Crippen MR) is 74.6 cm³/mol. The summed E-state index contributed by atoms with van der Waals surface area (Å²) in [6.45, 7) is 3.12. The predicted octanol–water partition coefficient (Wildman–Crippen LogP) is 0.686. The summed E-state index contributed by atoms with van der Waals surface area (Å²) in [4.78, 5) is 12.3. The Morgan fingerprint density at radius 3 is 2.44 bits per heavy atom. The normalized spacial score (nSPS) is 12.2. The van der Waals surface area contributed by atoms with Gasteiger partial charge in [-0.25, -0.2) is 0 Å². The van der Waals surface area contributed by atoms with E-state index in [1.165, 1.54) is 0 Å². The average molecular weight is 253 g/mol. The molecule has 18 heavy (non-hydrogen) atoms. The lowest BCUT2D eigenvalue weighted by molar-refractivity contribution is 0.571. The van der Waals surface area contributed by atoms with Crippen molar-refractivity contribution in [3.8, 4) is 0 Å². The summed E-state index contributed by atoms with van der Waals surface area (Å²) in [6, 6.07) is 0.342. The third-order valence-electron chi connectivity index (χ3n) is 2.59. The van der Waals surface area contributed by atoms with Crippen molar-refractivity contribution in [3.63, 3.8) is 0 Å². The number of aromatic nitrogens is 3. The van der Waals surface area contributed by atoms with Gasteiger partial charge in [0.05, 0.1) is 0 Å². The Kier molecular flexibility index (Phi) is 6.13. The van der Waals surface area contributed by atoms with Crippen LogP contribution in [0.1, 0.15) is 26.2 Å². The fraction of sp³-hybridized carbons (Fsp3) is 0.727. The maximum absolute atomic E-state index is 5.63. The van der Waals surface area contributed by atoms with Gasteiger partial charge in [0.2, 0.25) is 17.8 Å². The van der Waals surface area contributed by atoms with Gasteiger partial charge in [0.1, 0.15) is 0 Å². The zero-order valence-electron chi connectivity index (χ0n) is 11.3. The van der Waals surface area contributed by atoms with Gasteiger partial charge < -0.3 is 21.7 Å². The SMILES string of the molecule is CCCC(CCNC)Nc1nc(N)nc(NC)n1. The highest BCUT2D eigenvalue weighted by Gasteiger charge is 2.10. The van der Waals surface area contributed by atoms with Crippen LogP contribution in [0, 0.1) is 0 Å². The van der Waals surface area contributed by atoms with Crippen LogP contribution in [0.5, 0.6) is 0 Å². The molecule has 0 spiro atoms. The van der Waals surface area contributed by atoms with Gasteiger partial charge in [-0.3, -0.25) is 0 Å². The second-order valence-electron chi connectivity index (χ2n) is 4.11. The number of rotatable bonds is 8. The first-order valence-electron chi connectivity index (χ1n) is 6.30. The summed E-state index contributed by atoms with van der Waals surface area (Å²) in [5, 5.41) is 9.32. The highest BCUT2D eigenvalue weighted by molar-refractivity contribution is 5.39. The molecule has 0 aliphatic carbocycles. The smallest absolute Gasteiger partial charge is 0.229 e. The Morgan fingerprint density at radius 2 is 1.83 bits per heavy atom. The van der Waals surface area contributed by atoms with Crippen LogP contribution >= 0.6 is 0 Å². The molecular formula is C11H23N7. The van der Waals surface area contributed by atoms with Crippen molar-refractivity contribution in [1.29, 1.82) is 0 Å². The molecular weight excluding hydrogens is 230 g/mol. The molecule has 102 valence electrons. The fourth-order valence-corrected chi connectivity index (χ4v) is 1.71. The quantitative estimate of drug-likeness (QED) is 0.540. The molecule has 7 heteroatoms. The molecule has 0 aliphatic heterocycles. The average Bonchev–Trinajstić information content (AvgIpc) is 2.35. The van der Waals surface area contributed by atoms with Crippen LogP contribution in [0.15, 0.2) is 0 Å². The highest BCUT2D eigenvalue weighted by Crippen LogP contribution is 2.11. The van der Waals surface area contributed by atoms with Crippen molar-refractivity contribution in [2.75, 3.05) is 37.0 Å². The molecule has 0 radical (unpaired) electrons.